The number of hydroxylamine groups is 1. The van der Waals surface area contributed by atoms with Crippen molar-refractivity contribution in [2.45, 2.75) is 19.8 Å². The van der Waals surface area contributed by atoms with Gasteiger partial charge in [-0.3, -0.25) is 4.79 Å². The molecule has 0 aromatic heterocycles. The van der Waals surface area contributed by atoms with Gasteiger partial charge in [0.05, 0.1) is 0 Å². The van der Waals surface area contributed by atoms with Gasteiger partial charge in [-0.1, -0.05) is 6.92 Å². The Balaban J connectivity index is 3.60. The van der Waals surface area contributed by atoms with Crippen molar-refractivity contribution >= 4 is 11.8 Å². The number of Topliss-reactive ketones (excluding diaryl/α,β-unsaturated/α-hetero) is 1. The van der Waals surface area contributed by atoms with E-state index >= 15 is 0 Å². The molecule has 0 amide bonds. The molecule has 58 valence electrons. The first-order valence-electron chi connectivity index (χ1n) is 3.13. The summed E-state index contributed by atoms with van der Waals surface area (Å²) in [7, 11) is 1.43. The van der Waals surface area contributed by atoms with Crippen LogP contribution in [-0.4, -0.2) is 18.8 Å². The lowest BCUT2D eigenvalue weighted by molar-refractivity contribution is -0.158. The van der Waals surface area contributed by atoms with Gasteiger partial charge in [-0.15, -0.1) is 0 Å². The maximum absolute atomic E-state index is 10.6. The molecule has 0 saturated heterocycles. The van der Waals surface area contributed by atoms with E-state index in [4.69, 9.17) is 0 Å². The molecule has 0 atom stereocenters. The Labute approximate surface area is 59.5 Å². The molecule has 0 aliphatic carbocycles. The van der Waals surface area contributed by atoms with Gasteiger partial charge in [0, 0.05) is 13.5 Å². The zero-order chi connectivity index (χ0) is 7.98. The summed E-state index contributed by atoms with van der Waals surface area (Å²) in [6.07, 6.45) is 0.915. The zero-order valence-corrected chi connectivity index (χ0v) is 6.14. The summed E-state index contributed by atoms with van der Waals surface area (Å²) in [5.41, 5.74) is 2.14. The maximum atomic E-state index is 10.6. The number of carbonyl (C=O) groups excluding carboxylic acids is 2. The van der Waals surface area contributed by atoms with E-state index in [0.717, 1.165) is 0 Å². The van der Waals surface area contributed by atoms with Crippen LogP contribution in [-0.2, 0) is 14.4 Å². The molecular weight excluding hydrogens is 134 g/mol. The lowest BCUT2D eigenvalue weighted by Gasteiger charge is -1.97. The molecule has 0 saturated carbocycles. The first-order valence-corrected chi connectivity index (χ1v) is 3.13. The molecule has 0 radical (unpaired) electrons. The molecule has 0 spiro atoms. The molecule has 0 aliphatic rings. The fourth-order valence-corrected chi connectivity index (χ4v) is 0.479. The number of hydrogen-bond donors (Lipinski definition) is 1. The van der Waals surface area contributed by atoms with E-state index in [1.165, 1.54) is 7.05 Å². The van der Waals surface area contributed by atoms with Gasteiger partial charge in [-0.05, 0) is 6.42 Å². The average Bonchev–Trinajstić information content (AvgIpc) is 1.89. The second-order valence-electron chi connectivity index (χ2n) is 1.77. The highest BCUT2D eigenvalue weighted by Crippen LogP contribution is 1.89. The van der Waals surface area contributed by atoms with E-state index in [1.807, 2.05) is 6.92 Å². The van der Waals surface area contributed by atoms with E-state index in [2.05, 4.69) is 10.3 Å². The van der Waals surface area contributed by atoms with Crippen LogP contribution in [0.25, 0.3) is 0 Å². The largest absolute Gasteiger partial charge is 0.393 e. The number of ketones is 1. The van der Waals surface area contributed by atoms with E-state index in [9.17, 15) is 9.59 Å². The predicted octanol–water partition coefficient (Wildman–Crippen LogP) is 0.0332. The Hall–Kier alpha value is -0.900. The van der Waals surface area contributed by atoms with E-state index in [0.29, 0.717) is 6.42 Å². The molecule has 0 aliphatic heterocycles. The van der Waals surface area contributed by atoms with Crippen molar-refractivity contribution in [3.8, 4) is 0 Å². The van der Waals surface area contributed by atoms with Crippen LogP contribution in [0.5, 0.6) is 0 Å². The van der Waals surface area contributed by atoms with Crippen LogP contribution in [0.3, 0.4) is 0 Å². The molecule has 0 fully saturated rings. The molecule has 4 nitrogen and oxygen atoms in total. The minimum absolute atomic E-state index is 0.251. The standard InChI is InChI=1S/C6H11NO3/c1-3-4-5(8)6(9)10-7-2/h7H,3-4H2,1-2H3. The van der Waals surface area contributed by atoms with Crippen molar-refractivity contribution in [3.63, 3.8) is 0 Å². The molecule has 0 rings (SSSR count). The van der Waals surface area contributed by atoms with Crippen LogP contribution in [0.2, 0.25) is 0 Å². The average molecular weight is 145 g/mol. The van der Waals surface area contributed by atoms with E-state index < -0.39 is 11.8 Å². The van der Waals surface area contributed by atoms with Crippen LogP contribution >= 0.6 is 0 Å². The summed E-state index contributed by atoms with van der Waals surface area (Å²) in [5.74, 6) is -1.30. The third-order valence-corrected chi connectivity index (χ3v) is 0.899. The summed E-state index contributed by atoms with van der Waals surface area (Å²) in [6.45, 7) is 1.82. The second-order valence-corrected chi connectivity index (χ2v) is 1.77. The van der Waals surface area contributed by atoms with Gasteiger partial charge in [0.15, 0.2) is 0 Å². The van der Waals surface area contributed by atoms with Gasteiger partial charge in [0.1, 0.15) is 0 Å². The monoisotopic (exact) mass is 145 g/mol. The predicted molar refractivity (Wildman–Crippen MR) is 35.1 cm³/mol. The third-order valence-electron chi connectivity index (χ3n) is 0.899. The highest BCUT2D eigenvalue weighted by Gasteiger charge is 2.12. The van der Waals surface area contributed by atoms with Crippen molar-refractivity contribution in [2.24, 2.45) is 0 Å². The fraction of sp³-hybridized carbons (Fsp3) is 0.667. The van der Waals surface area contributed by atoms with Gasteiger partial charge in [0.25, 0.3) is 0 Å². The molecule has 1 N–H and O–H groups in total. The normalized spacial score (nSPS) is 9.00. The molecule has 0 aromatic rings. The summed E-state index contributed by atoms with van der Waals surface area (Å²) in [6, 6.07) is 0. The Bertz CT molecular complexity index is 117. The summed E-state index contributed by atoms with van der Waals surface area (Å²) >= 11 is 0. The third kappa shape index (κ3) is 3.19. The number of carbonyl (C=O) groups is 2. The van der Waals surface area contributed by atoms with Crippen molar-refractivity contribution < 1.29 is 14.4 Å². The fourth-order valence-electron chi connectivity index (χ4n) is 0.479. The van der Waals surface area contributed by atoms with Gasteiger partial charge >= 0.3 is 5.97 Å². The summed E-state index contributed by atoms with van der Waals surface area (Å²) in [4.78, 5) is 25.3. The van der Waals surface area contributed by atoms with Gasteiger partial charge in [-0.25, -0.2) is 4.79 Å². The maximum Gasteiger partial charge on any atom is 0.393 e. The van der Waals surface area contributed by atoms with Gasteiger partial charge in [-0.2, -0.15) is 5.48 Å². The van der Waals surface area contributed by atoms with Crippen LogP contribution in [0.4, 0.5) is 0 Å². The van der Waals surface area contributed by atoms with Gasteiger partial charge < -0.3 is 4.84 Å². The topological polar surface area (TPSA) is 55.4 Å². The Morgan fingerprint density at radius 2 is 2.10 bits per heavy atom. The van der Waals surface area contributed by atoms with Crippen LogP contribution in [0, 0.1) is 0 Å². The SMILES string of the molecule is CCCC(=O)C(=O)ONC. The van der Waals surface area contributed by atoms with Gasteiger partial charge in [0.2, 0.25) is 5.78 Å². The number of rotatable bonds is 4. The molecule has 4 heteroatoms. The lowest BCUT2D eigenvalue weighted by atomic mass is 10.2. The minimum Gasteiger partial charge on any atom is -0.365 e. The quantitative estimate of drug-likeness (QED) is 0.448. The first kappa shape index (κ1) is 9.10. The molecule has 0 aromatic carbocycles. The minimum atomic E-state index is -0.815. The molecule has 0 unspecified atom stereocenters. The van der Waals surface area contributed by atoms with Crippen molar-refractivity contribution in [3.05, 3.63) is 0 Å². The Morgan fingerprint density at radius 3 is 2.50 bits per heavy atom. The van der Waals surface area contributed by atoms with Crippen molar-refractivity contribution in [2.75, 3.05) is 7.05 Å². The molecule has 0 bridgehead atoms. The van der Waals surface area contributed by atoms with Crippen LogP contribution in [0.15, 0.2) is 0 Å². The Morgan fingerprint density at radius 1 is 1.50 bits per heavy atom. The lowest BCUT2D eigenvalue weighted by Crippen LogP contribution is -2.22. The first-order chi connectivity index (χ1) is 4.72. The van der Waals surface area contributed by atoms with Crippen molar-refractivity contribution in [1.82, 2.24) is 5.48 Å². The number of nitrogens with one attached hydrogen (secondary N) is 1. The highest BCUT2D eigenvalue weighted by molar-refractivity contribution is 6.33. The van der Waals surface area contributed by atoms with Crippen LogP contribution in [0.1, 0.15) is 19.8 Å². The molecular formula is C6H11NO3. The zero-order valence-electron chi connectivity index (χ0n) is 6.14. The van der Waals surface area contributed by atoms with Crippen LogP contribution < -0.4 is 5.48 Å². The molecule has 10 heavy (non-hydrogen) atoms. The van der Waals surface area contributed by atoms with E-state index in [-0.39, 0.29) is 6.42 Å². The smallest absolute Gasteiger partial charge is 0.365 e. The van der Waals surface area contributed by atoms with Crippen molar-refractivity contribution in [1.29, 1.82) is 0 Å². The highest BCUT2D eigenvalue weighted by atomic mass is 16.7. The van der Waals surface area contributed by atoms with E-state index in [1.54, 1.807) is 0 Å². The second kappa shape index (κ2) is 4.93. The Kier molecular flexibility index (Phi) is 4.49. The summed E-state index contributed by atoms with van der Waals surface area (Å²) in [5, 5.41) is 0. The molecule has 0 heterocycles. The summed E-state index contributed by atoms with van der Waals surface area (Å²) < 4.78 is 0. The number of hydrogen-bond acceptors (Lipinski definition) is 4.